The molecule has 0 spiro atoms. The van der Waals surface area contributed by atoms with Crippen molar-refractivity contribution in [1.82, 2.24) is 0 Å². The third-order valence-corrected chi connectivity index (χ3v) is 1.57. The Morgan fingerprint density at radius 1 is 1.78 bits per heavy atom. The molecule has 1 saturated heterocycles. The van der Waals surface area contributed by atoms with Crippen LogP contribution < -0.4 is 0 Å². The van der Waals surface area contributed by atoms with E-state index in [9.17, 15) is 9.36 Å². The Morgan fingerprint density at radius 3 is 2.67 bits per heavy atom. The number of carbonyl (C=O) groups excluding carboxylic acids is 1. The zero-order valence-corrected chi connectivity index (χ0v) is 5.21. The summed E-state index contributed by atoms with van der Waals surface area (Å²) in [7, 11) is -2.45. The molecule has 2 atom stereocenters. The van der Waals surface area contributed by atoms with Gasteiger partial charge < -0.3 is 9.47 Å². The van der Waals surface area contributed by atoms with Crippen LogP contribution in [0.5, 0.6) is 0 Å². The summed E-state index contributed by atoms with van der Waals surface area (Å²) >= 11 is 0. The fourth-order valence-electron chi connectivity index (χ4n) is 0.427. The maximum Gasteiger partial charge on any atom is 0.554 e. The fourth-order valence-corrected chi connectivity index (χ4v) is 0.806. The number of hydrogen-bond donors (Lipinski definition) is 1. The molecule has 2 unspecified atom stereocenters. The van der Waals surface area contributed by atoms with Crippen LogP contribution in [0.3, 0.4) is 0 Å². The van der Waals surface area contributed by atoms with Crippen LogP contribution in [-0.2, 0) is 14.0 Å². The molecule has 0 aromatic heterocycles. The minimum atomic E-state index is -2.45. The zero-order valence-electron chi connectivity index (χ0n) is 4.31. The van der Waals surface area contributed by atoms with Crippen molar-refractivity contribution >= 4 is 14.2 Å². The molecule has 9 heavy (non-hydrogen) atoms. The number of ether oxygens (including phenoxy) is 2. The highest BCUT2D eigenvalue weighted by atomic mass is 31.1. The topological polar surface area (TPSA) is 72.8 Å². The van der Waals surface area contributed by atoms with Crippen molar-refractivity contribution in [3.8, 4) is 0 Å². The first-order valence-electron chi connectivity index (χ1n) is 2.19. The molecule has 1 fully saturated rings. The lowest BCUT2D eigenvalue weighted by atomic mass is 10.8. The molecule has 0 saturated carbocycles. The number of carbonyl (C=O) groups is 1. The van der Waals surface area contributed by atoms with Gasteiger partial charge in [0.05, 0.1) is 0 Å². The zero-order chi connectivity index (χ0) is 6.85. The third kappa shape index (κ3) is 1.37. The van der Waals surface area contributed by atoms with Crippen molar-refractivity contribution in [3.05, 3.63) is 0 Å². The van der Waals surface area contributed by atoms with Gasteiger partial charge in [-0.3, -0.25) is 0 Å². The Kier molecular flexibility index (Phi) is 1.64. The van der Waals surface area contributed by atoms with Crippen LogP contribution >= 0.6 is 8.03 Å². The van der Waals surface area contributed by atoms with Gasteiger partial charge >= 0.3 is 20.0 Å². The molecule has 6 heteroatoms. The van der Waals surface area contributed by atoms with Crippen molar-refractivity contribution in [3.63, 3.8) is 0 Å². The van der Waals surface area contributed by atoms with E-state index in [-0.39, 0.29) is 6.61 Å². The Hall–Kier alpha value is -0.670. The standard InChI is InChI=1S/C3H3O5P/c4-3-7-1-2(8-3)9(5)6/h2H,1H2/p+1. The second-order valence-electron chi connectivity index (χ2n) is 1.44. The number of hydrogen-bond acceptors (Lipinski definition) is 4. The van der Waals surface area contributed by atoms with Crippen molar-refractivity contribution in [1.29, 1.82) is 0 Å². The lowest BCUT2D eigenvalue weighted by molar-refractivity contribution is 0.127. The molecule has 5 nitrogen and oxygen atoms in total. The first kappa shape index (κ1) is 6.45. The molecule has 0 aliphatic carbocycles. The summed E-state index contributed by atoms with van der Waals surface area (Å²) in [5.41, 5.74) is 0. The van der Waals surface area contributed by atoms with Crippen LogP contribution in [0.1, 0.15) is 0 Å². The Morgan fingerprint density at radius 2 is 2.44 bits per heavy atom. The summed E-state index contributed by atoms with van der Waals surface area (Å²) in [5.74, 6) is -0.965. The summed E-state index contributed by atoms with van der Waals surface area (Å²) in [4.78, 5) is 18.4. The van der Waals surface area contributed by atoms with Gasteiger partial charge in [0.25, 0.3) is 0 Å². The predicted molar refractivity (Wildman–Crippen MR) is 26.0 cm³/mol. The minimum absolute atomic E-state index is 0.120. The van der Waals surface area contributed by atoms with Gasteiger partial charge in [-0.2, -0.15) is 4.89 Å². The molecule has 0 aromatic carbocycles. The van der Waals surface area contributed by atoms with E-state index in [4.69, 9.17) is 4.89 Å². The maximum atomic E-state index is 10.1. The van der Waals surface area contributed by atoms with E-state index >= 15 is 0 Å². The molecule has 0 bridgehead atoms. The quantitative estimate of drug-likeness (QED) is 0.428. The smallest absolute Gasteiger partial charge is 0.425 e. The molecule has 1 heterocycles. The van der Waals surface area contributed by atoms with Gasteiger partial charge in [0, 0.05) is 0 Å². The summed E-state index contributed by atoms with van der Waals surface area (Å²) in [5, 5.41) is 0. The van der Waals surface area contributed by atoms with Gasteiger partial charge in [-0.1, -0.05) is 0 Å². The molecule has 0 amide bonds. The highest BCUT2D eigenvalue weighted by Gasteiger charge is 2.40. The van der Waals surface area contributed by atoms with E-state index in [1.165, 1.54) is 0 Å². The fraction of sp³-hybridized carbons (Fsp3) is 0.667. The predicted octanol–water partition coefficient (Wildman–Crippen LogP) is 0.214. The third-order valence-electron chi connectivity index (χ3n) is 0.822. The van der Waals surface area contributed by atoms with Crippen molar-refractivity contribution in [2.24, 2.45) is 0 Å². The Labute approximate surface area is 51.4 Å². The largest absolute Gasteiger partial charge is 0.554 e. The summed E-state index contributed by atoms with van der Waals surface area (Å²) < 4.78 is 18.6. The molecule has 1 aliphatic heterocycles. The second-order valence-corrected chi connectivity index (χ2v) is 2.62. The second kappa shape index (κ2) is 2.29. The highest BCUT2D eigenvalue weighted by Crippen LogP contribution is 2.27. The van der Waals surface area contributed by atoms with Crippen LogP contribution in [-0.4, -0.2) is 23.5 Å². The van der Waals surface area contributed by atoms with E-state index in [0.717, 1.165) is 0 Å². The van der Waals surface area contributed by atoms with Crippen molar-refractivity contribution in [2.75, 3.05) is 6.61 Å². The summed E-state index contributed by atoms with van der Waals surface area (Å²) in [6.07, 6.45) is -0.877. The van der Waals surface area contributed by atoms with E-state index in [1.54, 1.807) is 0 Å². The highest BCUT2D eigenvalue weighted by molar-refractivity contribution is 7.38. The van der Waals surface area contributed by atoms with Crippen molar-refractivity contribution < 1.29 is 23.7 Å². The minimum Gasteiger partial charge on any atom is -0.425 e. The lowest BCUT2D eigenvalue weighted by Gasteiger charge is -1.83. The van der Waals surface area contributed by atoms with Gasteiger partial charge in [0.2, 0.25) is 0 Å². The molecule has 0 radical (unpaired) electrons. The van der Waals surface area contributed by atoms with Crippen LogP contribution in [0.4, 0.5) is 4.79 Å². The molecule has 1 N–H and O–H groups in total. The average Bonchev–Trinajstić information content (AvgIpc) is 2.14. The SMILES string of the molecule is O=C1OCC([P+](=O)O)O1. The van der Waals surface area contributed by atoms with Crippen LogP contribution in [0.2, 0.25) is 0 Å². The van der Waals surface area contributed by atoms with Gasteiger partial charge in [-0.25, -0.2) is 4.79 Å². The number of cyclic esters (lactones) is 2. The monoisotopic (exact) mass is 151 g/mol. The Bertz CT molecular complexity index is 154. The van der Waals surface area contributed by atoms with Gasteiger partial charge in [-0.05, 0) is 4.57 Å². The van der Waals surface area contributed by atoms with Gasteiger partial charge in [-0.15, -0.1) is 0 Å². The summed E-state index contributed by atoms with van der Waals surface area (Å²) in [6.45, 7) is -0.120. The van der Waals surface area contributed by atoms with Crippen molar-refractivity contribution in [2.45, 2.75) is 5.85 Å². The van der Waals surface area contributed by atoms with Gasteiger partial charge in [0.15, 0.2) is 6.61 Å². The first-order chi connectivity index (χ1) is 4.20. The first-order valence-corrected chi connectivity index (χ1v) is 3.47. The molecular formula is C3H4O5P+. The number of rotatable bonds is 1. The summed E-state index contributed by atoms with van der Waals surface area (Å²) in [6, 6.07) is 0. The Balaban J connectivity index is 2.48. The van der Waals surface area contributed by atoms with Crippen LogP contribution in [0.15, 0.2) is 0 Å². The molecule has 50 valence electrons. The van der Waals surface area contributed by atoms with Crippen LogP contribution in [0, 0.1) is 0 Å². The van der Waals surface area contributed by atoms with E-state index in [0.29, 0.717) is 0 Å². The van der Waals surface area contributed by atoms with E-state index < -0.39 is 20.0 Å². The molecule has 1 aliphatic rings. The normalized spacial score (nSPS) is 27.0. The van der Waals surface area contributed by atoms with Gasteiger partial charge in [0.1, 0.15) is 0 Å². The van der Waals surface area contributed by atoms with Crippen LogP contribution in [0.25, 0.3) is 0 Å². The average molecular weight is 151 g/mol. The van der Waals surface area contributed by atoms with E-state index in [2.05, 4.69) is 9.47 Å². The molecular weight excluding hydrogens is 147 g/mol. The maximum absolute atomic E-state index is 10.1. The molecule has 1 rings (SSSR count). The van der Waals surface area contributed by atoms with E-state index in [1.807, 2.05) is 0 Å². The molecule has 0 aromatic rings. The lowest BCUT2D eigenvalue weighted by Crippen LogP contribution is -2.02.